The number of hydrogen-bond donors (Lipinski definition) is 2. The van der Waals surface area contributed by atoms with Crippen molar-refractivity contribution in [1.82, 2.24) is 14.3 Å². The maximum atomic E-state index is 12.8. The van der Waals surface area contributed by atoms with Crippen molar-refractivity contribution in [1.29, 1.82) is 0 Å². The average molecular weight is 394 g/mol. The van der Waals surface area contributed by atoms with Gasteiger partial charge in [0, 0.05) is 24.6 Å². The number of ether oxygens (including phenoxy) is 1. The maximum absolute atomic E-state index is 12.8. The quantitative estimate of drug-likeness (QED) is 0.680. The van der Waals surface area contributed by atoms with Crippen LogP contribution >= 0.6 is 0 Å². The number of hydrogen-bond acceptors (Lipinski definition) is 6. The molecule has 0 atom stereocenters. The SMILES string of the molecule is CCOC(=O)c1c(S(=O)(=O)NCC(=O)Nc2ccccn2)c(C)n(C)c1C. The molecule has 0 fully saturated rings. The van der Waals surface area contributed by atoms with E-state index in [0.29, 0.717) is 17.2 Å². The number of anilines is 1. The van der Waals surface area contributed by atoms with Gasteiger partial charge < -0.3 is 14.6 Å². The Morgan fingerprint density at radius 3 is 2.52 bits per heavy atom. The van der Waals surface area contributed by atoms with Crippen molar-refractivity contribution < 1.29 is 22.7 Å². The molecular formula is C17H22N4O5S. The van der Waals surface area contributed by atoms with Gasteiger partial charge >= 0.3 is 5.97 Å². The third-order valence-corrected chi connectivity index (χ3v) is 5.59. The highest BCUT2D eigenvalue weighted by Crippen LogP contribution is 2.26. The van der Waals surface area contributed by atoms with E-state index in [0.717, 1.165) is 0 Å². The monoisotopic (exact) mass is 394 g/mol. The summed E-state index contributed by atoms with van der Waals surface area (Å²) in [7, 11) is -2.47. The van der Waals surface area contributed by atoms with Crippen LogP contribution in [0.4, 0.5) is 5.82 Å². The maximum Gasteiger partial charge on any atom is 0.341 e. The molecule has 0 aliphatic heterocycles. The molecule has 10 heteroatoms. The third-order valence-electron chi connectivity index (χ3n) is 4.03. The zero-order valence-electron chi connectivity index (χ0n) is 15.6. The van der Waals surface area contributed by atoms with E-state index in [1.54, 1.807) is 50.6 Å². The second kappa shape index (κ2) is 8.31. The summed E-state index contributed by atoms with van der Waals surface area (Å²) in [5.41, 5.74) is 0.798. The van der Waals surface area contributed by atoms with Crippen LogP contribution < -0.4 is 10.0 Å². The molecule has 1 amide bonds. The van der Waals surface area contributed by atoms with Crippen molar-refractivity contribution in [3.63, 3.8) is 0 Å². The summed E-state index contributed by atoms with van der Waals surface area (Å²) < 4.78 is 34.4. The highest BCUT2D eigenvalue weighted by molar-refractivity contribution is 7.89. The highest BCUT2D eigenvalue weighted by Gasteiger charge is 2.31. The van der Waals surface area contributed by atoms with E-state index in [1.807, 2.05) is 0 Å². The minimum Gasteiger partial charge on any atom is -0.462 e. The number of rotatable bonds is 7. The molecule has 0 saturated carbocycles. The lowest BCUT2D eigenvalue weighted by Crippen LogP contribution is -2.34. The number of aromatic nitrogens is 2. The lowest BCUT2D eigenvalue weighted by atomic mass is 10.2. The van der Waals surface area contributed by atoms with Gasteiger partial charge in [-0.15, -0.1) is 0 Å². The molecular weight excluding hydrogens is 372 g/mol. The largest absolute Gasteiger partial charge is 0.462 e. The van der Waals surface area contributed by atoms with E-state index in [4.69, 9.17) is 4.74 Å². The Hall–Kier alpha value is -2.72. The Morgan fingerprint density at radius 1 is 1.22 bits per heavy atom. The number of esters is 1. The highest BCUT2D eigenvalue weighted by atomic mass is 32.2. The Labute approximate surface area is 157 Å². The van der Waals surface area contributed by atoms with Gasteiger partial charge in [-0.2, -0.15) is 0 Å². The molecule has 0 unspecified atom stereocenters. The van der Waals surface area contributed by atoms with Crippen LogP contribution in [0.1, 0.15) is 28.7 Å². The van der Waals surface area contributed by atoms with Gasteiger partial charge in [0.15, 0.2) is 0 Å². The smallest absolute Gasteiger partial charge is 0.341 e. The predicted octanol–water partition coefficient (Wildman–Crippen LogP) is 1.13. The van der Waals surface area contributed by atoms with Crippen LogP contribution in [-0.4, -0.2) is 43.0 Å². The fourth-order valence-corrected chi connectivity index (χ4v) is 4.04. The van der Waals surface area contributed by atoms with Crippen molar-refractivity contribution in [2.24, 2.45) is 7.05 Å². The average Bonchev–Trinajstić information content (AvgIpc) is 2.86. The molecule has 0 aliphatic carbocycles. The summed E-state index contributed by atoms with van der Waals surface area (Å²) in [6.45, 7) is 4.46. The van der Waals surface area contributed by atoms with Gasteiger partial charge in [0.05, 0.1) is 13.2 Å². The van der Waals surface area contributed by atoms with Crippen LogP contribution in [0.5, 0.6) is 0 Å². The van der Waals surface area contributed by atoms with E-state index >= 15 is 0 Å². The Kier molecular flexibility index (Phi) is 6.34. The summed E-state index contributed by atoms with van der Waals surface area (Å²) in [6, 6.07) is 4.96. The number of nitrogens with zero attached hydrogens (tertiary/aromatic N) is 2. The first kappa shape index (κ1) is 20.6. The third kappa shape index (κ3) is 4.52. The van der Waals surface area contributed by atoms with E-state index in [1.165, 1.54) is 6.20 Å². The molecule has 0 spiro atoms. The summed E-state index contributed by atoms with van der Waals surface area (Å²) in [5, 5.41) is 2.48. The minimum absolute atomic E-state index is 0.0329. The normalized spacial score (nSPS) is 11.3. The molecule has 2 aromatic rings. The van der Waals surface area contributed by atoms with Crippen LogP contribution in [0.3, 0.4) is 0 Å². The zero-order chi connectivity index (χ0) is 20.2. The van der Waals surface area contributed by atoms with Crippen LogP contribution in [0.25, 0.3) is 0 Å². The first-order chi connectivity index (χ1) is 12.7. The van der Waals surface area contributed by atoms with Gasteiger partial charge in [-0.1, -0.05) is 6.07 Å². The molecule has 9 nitrogen and oxygen atoms in total. The van der Waals surface area contributed by atoms with Crippen LogP contribution in [0.15, 0.2) is 29.3 Å². The molecule has 2 rings (SSSR count). The van der Waals surface area contributed by atoms with Gasteiger partial charge in [-0.3, -0.25) is 4.79 Å². The Morgan fingerprint density at radius 2 is 1.93 bits per heavy atom. The first-order valence-electron chi connectivity index (χ1n) is 8.22. The minimum atomic E-state index is -4.13. The van der Waals surface area contributed by atoms with E-state index < -0.39 is 28.4 Å². The molecule has 0 aromatic carbocycles. The Bertz CT molecular complexity index is 951. The lowest BCUT2D eigenvalue weighted by Gasteiger charge is -2.09. The molecule has 0 radical (unpaired) electrons. The molecule has 27 heavy (non-hydrogen) atoms. The summed E-state index contributed by atoms with van der Waals surface area (Å²) >= 11 is 0. The van der Waals surface area contributed by atoms with Crippen molar-refractivity contribution in [3.05, 3.63) is 41.3 Å². The second-order valence-electron chi connectivity index (χ2n) is 5.74. The van der Waals surface area contributed by atoms with Gasteiger partial charge in [-0.25, -0.2) is 22.9 Å². The predicted molar refractivity (Wildman–Crippen MR) is 98.9 cm³/mol. The lowest BCUT2D eigenvalue weighted by molar-refractivity contribution is -0.115. The molecule has 146 valence electrons. The second-order valence-corrected chi connectivity index (χ2v) is 7.45. The number of sulfonamides is 1. The summed E-state index contributed by atoms with van der Waals surface area (Å²) in [6.07, 6.45) is 1.50. The van der Waals surface area contributed by atoms with E-state index in [-0.39, 0.29) is 17.1 Å². The Balaban J connectivity index is 2.25. The molecule has 2 N–H and O–H groups in total. The summed E-state index contributed by atoms with van der Waals surface area (Å²) in [5.74, 6) is -1.00. The van der Waals surface area contributed by atoms with E-state index in [2.05, 4.69) is 15.0 Å². The molecule has 2 aromatic heterocycles. The standard InChI is InChI=1S/C17H22N4O5S/c1-5-26-17(23)15-11(2)21(4)12(3)16(15)27(24,25)19-10-14(22)20-13-8-6-7-9-18-13/h6-9,19H,5,10H2,1-4H3,(H,18,20,22). The number of amides is 1. The van der Waals surface area contributed by atoms with Gasteiger partial charge in [0.1, 0.15) is 16.3 Å². The van der Waals surface area contributed by atoms with Gasteiger partial charge in [-0.05, 0) is 32.9 Å². The molecule has 0 aliphatic rings. The van der Waals surface area contributed by atoms with Crippen molar-refractivity contribution in [3.8, 4) is 0 Å². The van der Waals surface area contributed by atoms with Crippen molar-refractivity contribution in [2.75, 3.05) is 18.5 Å². The van der Waals surface area contributed by atoms with Crippen molar-refractivity contribution in [2.45, 2.75) is 25.7 Å². The fraction of sp³-hybridized carbons (Fsp3) is 0.353. The van der Waals surface area contributed by atoms with E-state index in [9.17, 15) is 18.0 Å². The molecule has 0 bridgehead atoms. The van der Waals surface area contributed by atoms with Crippen molar-refractivity contribution >= 4 is 27.7 Å². The molecule has 0 saturated heterocycles. The van der Waals surface area contributed by atoms with Gasteiger partial charge in [0.2, 0.25) is 15.9 Å². The van der Waals surface area contributed by atoms with Gasteiger partial charge in [0.25, 0.3) is 0 Å². The zero-order valence-corrected chi connectivity index (χ0v) is 16.4. The summed E-state index contributed by atoms with van der Waals surface area (Å²) in [4.78, 5) is 28.0. The number of carbonyl (C=O) groups is 2. The number of nitrogens with one attached hydrogen (secondary N) is 2. The topological polar surface area (TPSA) is 119 Å². The van der Waals surface area contributed by atoms with Crippen LogP contribution in [0.2, 0.25) is 0 Å². The van der Waals surface area contributed by atoms with Crippen LogP contribution in [0, 0.1) is 13.8 Å². The molecule has 2 heterocycles. The van der Waals surface area contributed by atoms with Crippen LogP contribution in [-0.2, 0) is 26.6 Å². The first-order valence-corrected chi connectivity index (χ1v) is 9.70. The fourth-order valence-electron chi connectivity index (χ4n) is 2.55. The number of carbonyl (C=O) groups excluding carboxylic acids is 2. The number of pyridine rings is 1.